The summed E-state index contributed by atoms with van der Waals surface area (Å²) in [6, 6.07) is 13.5. The molecular weight excluding hydrogens is 445 g/mol. The van der Waals surface area contributed by atoms with Gasteiger partial charge in [-0.3, -0.25) is 19.8 Å². The second kappa shape index (κ2) is 8.44. The lowest BCUT2D eigenvalue weighted by Gasteiger charge is -2.28. The number of benzene rings is 2. The second-order valence-electron chi connectivity index (χ2n) is 7.42. The van der Waals surface area contributed by atoms with Gasteiger partial charge in [0.15, 0.2) is 5.11 Å². The molecule has 3 aromatic rings. The maximum absolute atomic E-state index is 13.3. The number of amides is 2. The number of halogens is 1. The van der Waals surface area contributed by atoms with Gasteiger partial charge in [-0.15, -0.1) is 0 Å². The van der Waals surface area contributed by atoms with Gasteiger partial charge >= 0.3 is 5.97 Å². The van der Waals surface area contributed by atoms with Gasteiger partial charge in [-0.25, -0.2) is 9.18 Å². The van der Waals surface area contributed by atoms with Crippen LogP contribution in [0.1, 0.15) is 27.3 Å². The standard InChI is InChI=1S/C24H18FN3O4S/c1-13-11-15(14(2)27(13)20-6-4-3-5-18(20)23(31)32)12-19-21(29)26-24(33)28(22(19)30)17-9-7-16(25)8-10-17/h3-12H,1-2H3,(H,31,32)(H,26,29,33)/b19-12+. The van der Waals surface area contributed by atoms with Crippen LogP contribution in [0.4, 0.5) is 10.1 Å². The summed E-state index contributed by atoms with van der Waals surface area (Å²) in [6.45, 7) is 3.57. The lowest BCUT2D eigenvalue weighted by atomic mass is 10.1. The normalized spacial score (nSPS) is 15.2. The highest BCUT2D eigenvalue weighted by Gasteiger charge is 2.34. The number of carboxylic acids is 1. The number of nitrogens with one attached hydrogen (secondary N) is 1. The van der Waals surface area contributed by atoms with Crippen LogP contribution in [0.15, 0.2) is 60.2 Å². The molecule has 1 aliphatic rings. The summed E-state index contributed by atoms with van der Waals surface area (Å²) in [7, 11) is 0. The van der Waals surface area contributed by atoms with Crippen LogP contribution in [0.5, 0.6) is 0 Å². The Labute approximate surface area is 193 Å². The average molecular weight is 463 g/mol. The Morgan fingerprint density at radius 1 is 1.09 bits per heavy atom. The van der Waals surface area contributed by atoms with Crippen LogP contribution in [0.25, 0.3) is 11.8 Å². The summed E-state index contributed by atoms with van der Waals surface area (Å²) in [5.74, 6) is -2.84. The van der Waals surface area contributed by atoms with E-state index in [0.29, 0.717) is 22.6 Å². The number of hydrogen-bond acceptors (Lipinski definition) is 4. The second-order valence-corrected chi connectivity index (χ2v) is 7.81. The van der Waals surface area contributed by atoms with Crippen molar-refractivity contribution in [3.8, 4) is 5.69 Å². The molecule has 1 aromatic heterocycles. The third-order valence-corrected chi connectivity index (χ3v) is 5.62. The fourth-order valence-electron chi connectivity index (χ4n) is 3.79. The van der Waals surface area contributed by atoms with E-state index in [4.69, 9.17) is 12.2 Å². The quantitative estimate of drug-likeness (QED) is 0.349. The molecule has 2 amide bonds. The number of rotatable bonds is 4. The molecule has 1 saturated heterocycles. The zero-order valence-corrected chi connectivity index (χ0v) is 18.4. The first-order valence-corrected chi connectivity index (χ1v) is 10.3. The smallest absolute Gasteiger partial charge is 0.337 e. The van der Waals surface area contributed by atoms with E-state index in [9.17, 15) is 23.9 Å². The van der Waals surface area contributed by atoms with Crippen molar-refractivity contribution in [3.63, 3.8) is 0 Å². The summed E-state index contributed by atoms with van der Waals surface area (Å²) >= 11 is 5.16. The number of carbonyl (C=O) groups is 3. The molecule has 4 rings (SSSR count). The highest BCUT2D eigenvalue weighted by atomic mass is 32.1. The van der Waals surface area contributed by atoms with Gasteiger partial charge in [0.2, 0.25) is 0 Å². The number of carboxylic acid groups (broad SMARTS) is 1. The van der Waals surface area contributed by atoms with Crippen LogP contribution in [0.3, 0.4) is 0 Å². The van der Waals surface area contributed by atoms with Gasteiger partial charge < -0.3 is 9.67 Å². The summed E-state index contributed by atoms with van der Waals surface area (Å²) in [4.78, 5) is 38.6. The van der Waals surface area contributed by atoms with Crippen LogP contribution in [-0.2, 0) is 9.59 Å². The minimum atomic E-state index is -1.07. The molecule has 2 aromatic carbocycles. The predicted octanol–water partition coefficient (Wildman–Crippen LogP) is 3.76. The van der Waals surface area contributed by atoms with Gasteiger partial charge in [0.25, 0.3) is 11.8 Å². The van der Waals surface area contributed by atoms with E-state index in [-0.39, 0.29) is 16.2 Å². The first-order chi connectivity index (χ1) is 15.7. The third-order valence-electron chi connectivity index (χ3n) is 5.33. The molecule has 1 fully saturated rings. The number of thiocarbonyl (C=S) groups is 1. The Morgan fingerprint density at radius 3 is 2.42 bits per heavy atom. The van der Waals surface area contributed by atoms with Crippen molar-refractivity contribution in [3.05, 3.63) is 88.5 Å². The van der Waals surface area contributed by atoms with Crippen LogP contribution in [-0.4, -0.2) is 32.6 Å². The molecule has 33 heavy (non-hydrogen) atoms. The van der Waals surface area contributed by atoms with Crippen molar-refractivity contribution in [2.24, 2.45) is 0 Å². The molecule has 1 aliphatic heterocycles. The van der Waals surface area contributed by atoms with Crippen molar-refractivity contribution in [2.45, 2.75) is 13.8 Å². The van der Waals surface area contributed by atoms with Crippen LogP contribution >= 0.6 is 12.2 Å². The lowest BCUT2D eigenvalue weighted by Crippen LogP contribution is -2.54. The summed E-state index contributed by atoms with van der Waals surface area (Å²) < 4.78 is 15.1. The largest absolute Gasteiger partial charge is 0.478 e. The maximum Gasteiger partial charge on any atom is 0.337 e. The van der Waals surface area contributed by atoms with E-state index in [2.05, 4.69) is 5.32 Å². The van der Waals surface area contributed by atoms with E-state index in [1.165, 1.54) is 36.4 Å². The van der Waals surface area contributed by atoms with E-state index >= 15 is 0 Å². The minimum Gasteiger partial charge on any atom is -0.478 e. The fraction of sp³-hybridized carbons (Fsp3) is 0.0833. The van der Waals surface area contributed by atoms with Crippen LogP contribution < -0.4 is 10.2 Å². The molecular formula is C24H18FN3O4S. The third kappa shape index (κ3) is 3.94. The Balaban J connectivity index is 1.79. The number of hydrogen-bond donors (Lipinski definition) is 2. The average Bonchev–Trinajstić information content (AvgIpc) is 3.05. The van der Waals surface area contributed by atoms with Gasteiger partial charge in [0, 0.05) is 11.4 Å². The Morgan fingerprint density at radius 2 is 1.76 bits per heavy atom. The number of para-hydroxylation sites is 1. The van der Waals surface area contributed by atoms with E-state index in [1.807, 2.05) is 0 Å². The molecule has 0 radical (unpaired) electrons. The molecule has 0 bridgehead atoms. The molecule has 9 heteroatoms. The van der Waals surface area contributed by atoms with Crippen LogP contribution in [0, 0.1) is 19.7 Å². The van der Waals surface area contributed by atoms with E-state index in [0.717, 1.165) is 10.6 Å². The van der Waals surface area contributed by atoms with Crippen molar-refractivity contribution in [2.75, 3.05) is 4.90 Å². The SMILES string of the molecule is Cc1cc(/C=C2\C(=O)NC(=S)N(c3ccc(F)cc3)C2=O)c(C)n1-c1ccccc1C(=O)O. The number of anilines is 1. The molecule has 0 unspecified atom stereocenters. The van der Waals surface area contributed by atoms with Crippen molar-refractivity contribution >= 4 is 46.9 Å². The Kier molecular flexibility index (Phi) is 5.65. The highest BCUT2D eigenvalue weighted by Crippen LogP contribution is 2.27. The number of nitrogens with zero attached hydrogens (tertiary/aromatic N) is 2. The van der Waals surface area contributed by atoms with Crippen molar-refractivity contribution in [1.82, 2.24) is 9.88 Å². The molecule has 0 spiro atoms. The van der Waals surface area contributed by atoms with E-state index in [1.54, 1.807) is 42.7 Å². The first kappa shape index (κ1) is 22.1. The van der Waals surface area contributed by atoms with Gasteiger partial charge in [-0.2, -0.15) is 0 Å². The zero-order chi connectivity index (χ0) is 23.9. The van der Waals surface area contributed by atoms with Gasteiger partial charge in [0.05, 0.1) is 16.9 Å². The monoisotopic (exact) mass is 463 g/mol. The predicted molar refractivity (Wildman–Crippen MR) is 125 cm³/mol. The van der Waals surface area contributed by atoms with Crippen molar-refractivity contribution in [1.29, 1.82) is 0 Å². The number of aromatic nitrogens is 1. The molecule has 7 nitrogen and oxygen atoms in total. The number of carbonyl (C=O) groups excluding carboxylic acids is 2. The van der Waals surface area contributed by atoms with Crippen molar-refractivity contribution < 1.29 is 23.9 Å². The number of aryl methyl sites for hydroxylation is 1. The first-order valence-electron chi connectivity index (χ1n) is 9.87. The molecule has 0 saturated carbocycles. The van der Waals surface area contributed by atoms with E-state index < -0.39 is 23.6 Å². The highest BCUT2D eigenvalue weighted by molar-refractivity contribution is 7.80. The molecule has 0 atom stereocenters. The fourth-order valence-corrected chi connectivity index (χ4v) is 4.07. The number of aromatic carboxylic acids is 1. The summed E-state index contributed by atoms with van der Waals surface area (Å²) in [6.07, 6.45) is 1.44. The Hall–Kier alpha value is -4.11. The molecule has 166 valence electrons. The zero-order valence-electron chi connectivity index (χ0n) is 17.6. The molecule has 2 heterocycles. The van der Waals surface area contributed by atoms with Gasteiger partial charge in [-0.05, 0) is 80.2 Å². The summed E-state index contributed by atoms with van der Waals surface area (Å²) in [5.41, 5.74) is 2.70. The molecule has 0 aliphatic carbocycles. The van der Waals surface area contributed by atoms with Gasteiger partial charge in [0.1, 0.15) is 11.4 Å². The topological polar surface area (TPSA) is 91.6 Å². The minimum absolute atomic E-state index is 0.102. The Bertz CT molecular complexity index is 1360. The molecule has 2 N–H and O–H groups in total. The lowest BCUT2D eigenvalue weighted by molar-refractivity contribution is -0.122. The van der Waals surface area contributed by atoms with Gasteiger partial charge in [-0.1, -0.05) is 12.1 Å². The summed E-state index contributed by atoms with van der Waals surface area (Å²) in [5, 5.41) is 12.0. The van der Waals surface area contributed by atoms with Crippen LogP contribution in [0.2, 0.25) is 0 Å². The maximum atomic E-state index is 13.3.